The van der Waals surface area contributed by atoms with Crippen LogP contribution in [0.4, 0.5) is 0 Å². The lowest BCUT2D eigenvalue weighted by Gasteiger charge is -1.92. The Morgan fingerprint density at radius 2 is 2.00 bits per heavy atom. The van der Waals surface area contributed by atoms with Crippen molar-refractivity contribution >= 4 is 5.97 Å². The zero-order valence-corrected chi connectivity index (χ0v) is 8.45. The molecule has 0 atom stereocenters. The van der Waals surface area contributed by atoms with Crippen molar-refractivity contribution in [3.63, 3.8) is 0 Å². The van der Waals surface area contributed by atoms with Gasteiger partial charge in [0.2, 0.25) is 0 Å². The van der Waals surface area contributed by atoms with Crippen LogP contribution in [0.5, 0.6) is 0 Å². The van der Waals surface area contributed by atoms with Gasteiger partial charge in [0.25, 0.3) is 0 Å². The van der Waals surface area contributed by atoms with E-state index in [4.69, 9.17) is 4.74 Å². The van der Waals surface area contributed by atoms with Crippen molar-refractivity contribution in [3.8, 4) is 0 Å². The molecule has 2 nitrogen and oxygen atoms in total. The molecular weight excluding hydrogens is 164 g/mol. The molecule has 0 amide bonds. The van der Waals surface area contributed by atoms with Gasteiger partial charge in [-0.05, 0) is 12.5 Å². The maximum absolute atomic E-state index is 10.3. The Morgan fingerprint density at radius 3 is 2.62 bits per heavy atom. The topological polar surface area (TPSA) is 26.3 Å². The van der Waals surface area contributed by atoms with Gasteiger partial charge in [0, 0.05) is 6.92 Å². The molecule has 0 aliphatic rings. The summed E-state index contributed by atoms with van der Waals surface area (Å²) < 4.78 is 4.71. The van der Waals surface area contributed by atoms with Gasteiger partial charge in [-0.3, -0.25) is 4.79 Å². The minimum absolute atomic E-state index is 0.236. The summed E-state index contributed by atoms with van der Waals surface area (Å²) in [4.78, 5) is 10.3. The van der Waals surface area contributed by atoms with Crippen LogP contribution in [0, 0.1) is 0 Å². The van der Waals surface area contributed by atoms with E-state index in [-0.39, 0.29) is 5.97 Å². The highest BCUT2D eigenvalue weighted by molar-refractivity contribution is 5.65. The largest absolute Gasteiger partial charge is 0.462 e. The minimum Gasteiger partial charge on any atom is -0.462 e. The summed E-state index contributed by atoms with van der Waals surface area (Å²) in [6, 6.07) is 0. The van der Waals surface area contributed by atoms with E-state index >= 15 is 0 Å². The first-order valence-electron chi connectivity index (χ1n) is 4.72. The molecule has 0 aromatic carbocycles. The van der Waals surface area contributed by atoms with E-state index < -0.39 is 0 Å². The fraction of sp³-hybridized carbons (Fsp3) is 0.545. The third-order valence-corrected chi connectivity index (χ3v) is 1.49. The number of rotatable bonds is 6. The quantitative estimate of drug-likeness (QED) is 0.358. The first-order valence-corrected chi connectivity index (χ1v) is 4.72. The number of carbonyl (C=O) groups excluding carboxylic acids is 1. The molecule has 0 heterocycles. The van der Waals surface area contributed by atoms with Crippen molar-refractivity contribution in [1.29, 1.82) is 0 Å². The van der Waals surface area contributed by atoms with Crippen LogP contribution in [-0.2, 0) is 9.53 Å². The van der Waals surface area contributed by atoms with E-state index in [9.17, 15) is 4.79 Å². The van der Waals surface area contributed by atoms with Gasteiger partial charge in [0.05, 0.1) is 0 Å². The Kier molecular flexibility index (Phi) is 8.31. The monoisotopic (exact) mass is 182 g/mol. The summed E-state index contributed by atoms with van der Waals surface area (Å²) in [5, 5.41) is 0. The van der Waals surface area contributed by atoms with E-state index in [0.717, 1.165) is 6.42 Å². The predicted molar refractivity (Wildman–Crippen MR) is 54.4 cm³/mol. The van der Waals surface area contributed by atoms with Crippen LogP contribution >= 0.6 is 0 Å². The highest BCUT2D eigenvalue weighted by Gasteiger charge is 1.85. The van der Waals surface area contributed by atoms with E-state index in [1.165, 1.54) is 19.8 Å². The molecule has 74 valence electrons. The average Bonchev–Trinajstić information content (AvgIpc) is 2.09. The van der Waals surface area contributed by atoms with Crippen LogP contribution in [0.25, 0.3) is 0 Å². The van der Waals surface area contributed by atoms with Gasteiger partial charge in [-0.25, -0.2) is 0 Å². The van der Waals surface area contributed by atoms with Gasteiger partial charge < -0.3 is 4.74 Å². The Labute approximate surface area is 80.3 Å². The van der Waals surface area contributed by atoms with Crippen molar-refractivity contribution in [2.75, 3.05) is 6.61 Å². The molecule has 0 spiro atoms. The summed E-state index contributed by atoms with van der Waals surface area (Å²) in [5.74, 6) is -0.236. The second-order valence-corrected chi connectivity index (χ2v) is 2.80. The minimum atomic E-state index is -0.236. The molecule has 0 bridgehead atoms. The molecule has 0 fully saturated rings. The van der Waals surface area contributed by atoms with E-state index in [1.807, 2.05) is 18.2 Å². The lowest BCUT2D eigenvalue weighted by atomic mass is 10.2. The van der Waals surface area contributed by atoms with Gasteiger partial charge in [0.15, 0.2) is 0 Å². The molecule has 0 saturated carbocycles. The molecule has 0 saturated heterocycles. The summed E-state index contributed by atoms with van der Waals surface area (Å²) in [5.41, 5.74) is 0. The Morgan fingerprint density at radius 1 is 1.31 bits per heavy atom. The van der Waals surface area contributed by atoms with E-state index in [2.05, 4.69) is 13.0 Å². The summed E-state index contributed by atoms with van der Waals surface area (Å²) >= 11 is 0. The van der Waals surface area contributed by atoms with Crippen LogP contribution in [0.1, 0.15) is 33.1 Å². The number of unbranched alkanes of at least 4 members (excludes halogenated alkanes) is 2. The zero-order valence-electron chi connectivity index (χ0n) is 8.45. The van der Waals surface area contributed by atoms with E-state index in [0.29, 0.717) is 6.61 Å². The van der Waals surface area contributed by atoms with Crippen LogP contribution in [-0.4, -0.2) is 12.6 Å². The van der Waals surface area contributed by atoms with Crippen LogP contribution in [0.15, 0.2) is 24.3 Å². The van der Waals surface area contributed by atoms with Crippen molar-refractivity contribution < 1.29 is 9.53 Å². The molecule has 13 heavy (non-hydrogen) atoms. The van der Waals surface area contributed by atoms with Gasteiger partial charge in [-0.1, -0.05) is 38.0 Å². The first-order chi connectivity index (χ1) is 6.27. The molecule has 0 aliphatic carbocycles. The molecule has 0 N–H and O–H groups in total. The molecule has 0 aliphatic heterocycles. The smallest absolute Gasteiger partial charge is 0.302 e. The van der Waals surface area contributed by atoms with Gasteiger partial charge in [-0.15, -0.1) is 0 Å². The van der Waals surface area contributed by atoms with Crippen molar-refractivity contribution in [2.24, 2.45) is 0 Å². The molecule has 2 heteroatoms. The SMILES string of the molecule is CCCC/C=C\C=C\COC(C)=O. The second kappa shape index (κ2) is 9.04. The lowest BCUT2D eigenvalue weighted by Crippen LogP contribution is -1.96. The zero-order chi connectivity index (χ0) is 9.94. The molecule has 0 radical (unpaired) electrons. The molecule has 0 unspecified atom stereocenters. The summed E-state index contributed by atoms with van der Waals surface area (Å²) in [6.45, 7) is 3.95. The van der Waals surface area contributed by atoms with Gasteiger partial charge >= 0.3 is 5.97 Å². The summed E-state index contributed by atoms with van der Waals surface area (Å²) in [6.07, 6.45) is 11.4. The summed E-state index contributed by atoms with van der Waals surface area (Å²) in [7, 11) is 0. The van der Waals surface area contributed by atoms with E-state index in [1.54, 1.807) is 0 Å². The van der Waals surface area contributed by atoms with Crippen LogP contribution in [0.2, 0.25) is 0 Å². The third-order valence-electron chi connectivity index (χ3n) is 1.49. The van der Waals surface area contributed by atoms with Crippen LogP contribution < -0.4 is 0 Å². The highest BCUT2D eigenvalue weighted by atomic mass is 16.5. The molecule has 0 rings (SSSR count). The number of hydrogen-bond acceptors (Lipinski definition) is 2. The molecule has 0 aromatic rings. The first kappa shape index (κ1) is 11.9. The predicted octanol–water partition coefficient (Wildman–Crippen LogP) is 2.85. The third kappa shape index (κ3) is 10.9. The Bertz CT molecular complexity index is 181. The average molecular weight is 182 g/mol. The number of allylic oxidation sites excluding steroid dienone is 3. The molecule has 0 aromatic heterocycles. The second-order valence-electron chi connectivity index (χ2n) is 2.80. The maximum atomic E-state index is 10.3. The Hall–Kier alpha value is -1.05. The fourth-order valence-corrected chi connectivity index (χ4v) is 0.796. The maximum Gasteiger partial charge on any atom is 0.302 e. The van der Waals surface area contributed by atoms with Gasteiger partial charge in [-0.2, -0.15) is 0 Å². The van der Waals surface area contributed by atoms with Crippen LogP contribution in [0.3, 0.4) is 0 Å². The van der Waals surface area contributed by atoms with Crippen molar-refractivity contribution in [2.45, 2.75) is 33.1 Å². The van der Waals surface area contributed by atoms with Crippen molar-refractivity contribution in [1.82, 2.24) is 0 Å². The van der Waals surface area contributed by atoms with Crippen molar-refractivity contribution in [3.05, 3.63) is 24.3 Å². The standard InChI is InChI=1S/C11H18O2/c1-3-4-5-6-7-8-9-10-13-11(2)12/h6-9H,3-5,10H2,1-2H3/b7-6-,9-8+. The number of carbonyl (C=O) groups is 1. The number of esters is 1. The fourth-order valence-electron chi connectivity index (χ4n) is 0.796. The highest BCUT2D eigenvalue weighted by Crippen LogP contribution is 1.94. The number of ether oxygens (including phenoxy) is 1. The normalized spacial score (nSPS) is 11.2. The molecular formula is C11H18O2. The lowest BCUT2D eigenvalue weighted by molar-refractivity contribution is -0.139. The Balaban J connectivity index is 3.29. The number of hydrogen-bond donors (Lipinski definition) is 0. The van der Waals surface area contributed by atoms with Gasteiger partial charge in [0.1, 0.15) is 6.61 Å².